The van der Waals surface area contributed by atoms with Crippen LogP contribution in [-0.2, 0) is 11.2 Å². The van der Waals surface area contributed by atoms with Gasteiger partial charge in [-0.3, -0.25) is 0 Å². The zero-order chi connectivity index (χ0) is 11.7. The minimum atomic E-state index is 0.451. The first-order valence-electron chi connectivity index (χ1n) is 6.08. The smallest absolute Gasteiger partial charge is 0.0939 e. The van der Waals surface area contributed by atoms with Gasteiger partial charge in [-0.25, -0.2) is 4.98 Å². The van der Waals surface area contributed by atoms with E-state index in [1.54, 1.807) is 11.3 Å². The molecule has 2 N–H and O–H groups in total. The number of nitrogens with two attached hydrogens (primary N) is 1. The van der Waals surface area contributed by atoms with Gasteiger partial charge in [0.1, 0.15) is 0 Å². The highest BCUT2D eigenvalue weighted by molar-refractivity contribution is 7.18. The van der Waals surface area contributed by atoms with E-state index in [9.17, 15) is 0 Å². The average molecular weight is 248 g/mol. The maximum absolute atomic E-state index is 5.77. The molecule has 1 saturated heterocycles. The van der Waals surface area contributed by atoms with Gasteiger partial charge in [0.05, 0.1) is 21.3 Å². The zero-order valence-electron chi connectivity index (χ0n) is 9.69. The van der Waals surface area contributed by atoms with Crippen molar-refractivity contribution >= 4 is 27.2 Å². The monoisotopic (exact) mass is 248 g/mol. The molecular formula is C13H16N2OS. The van der Waals surface area contributed by atoms with E-state index in [1.807, 2.05) is 18.2 Å². The molecule has 2 heterocycles. The first-order valence-corrected chi connectivity index (χ1v) is 6.89. The molecule has 0 radical (unpaired) electrons. The fourth-order valence-corrected chi connectivity index (χ4v) is 3.28. The summed E-state index contributed by atoms with van der Waals surface area (Å²) in [5.74, 6) is 0. The van der Waals surface area contributed by atoms with E-state index in [2.05, 4.69) is 4.98 Å². The van der Waals surface area contributed by atoms with Gasteiger partial charge in [-0.15, -0.1) is 11.3 Å². The number of rotatable bonds is 3. The van der Waals surface area contributed by atoms with Crippen LogP contribution in [0, 0.1) is 0 Å². The lowest BCUT2D eigenvalue weighted by molar-refractivity contribution is 0.104. The summed E-state index contributed by atoms with van der Waals surface area (Å²) in [6.45, 7) is 0.932. The third kappa shape index (κ3) is 2.42. The Kier molecular flexibility index (Phi) is 2.99. The second kappa shape index (κ2) is 4.63. The van der Waals surface area contributed by atoms with Gasteiger partial charge in [0, 0.05) is 18.7 Å². The lowest BCUT2D eigenvalue weighted by Gasteiger charge is -2.06. The van der Waals surface area contributed by atoms with Crippen LogP contribution in [0.5, 0.6) is 0 Å². The van der Waals surface area contributed by atoms with E-state index in [1.165, 1.54) is 22.5 Å². The molecule has 17 heavy (non-hydrogen) atoms. The minimum absolute atomic E-state index is 0.451. The number of aromatic nitrogens is 1. The molecule has 90 valence electrons. The van der Waals surface area contributed by atoms with Crippen LogP contribution in [0.1, 0.15) is 24.3 Å². The Bertz CT molecular complexity index is 517. The molecule has 0 saturated carbocycles. The predicted octanol–water partition coefficient (Wildman–Crippen LogP) is 2.99. The highest BCUT2D eigenvalue weighted by Gasteiger charge is 2.16. The number of hydrogen-bond acceptors (Lipinski definition) is 4. The second-order valence-electron chi connectivity index (χ2n) is 4.51. The molecule has 1 aromatic heterocycles. The number of nitrogens with zero attached hydrogens (tertiary/aromatic N) is 1. The molecule has 4 heteroatoms. The first-order chi connectivity index (χ1) is 8.31. The van der Waals surface area contributed by atoms with Crippen LogP contribution >= 0.6 is 11.3 Å². The van der Waals surface area contributed by atoms with Gasteiger partial charge in [-0.1, -0.05) is 0 Å². The van der Waals surface area contributed by atoms with Crippen molar-refractivity contribution in [1.29, 1.82) is 0 Å². The van der Waals surface area contributed by atoms with E-state index in [0.29, 0.717) is 6.10 Å². The van der Waals surface area contributed by atoms with Crippen molar-refractivity contribution in [3.8, 4) is 0 Å². The Balaban J connectivity index is 1.72. The summed E-state index contributed by atoms with van der Waals surface area (Å²) in [4.78, 5) is 4.62. The molecule has 3 rings (SSSR count). The number of nitrogen functional groups attached to an aromatic ring is 1. The largest absolute Gasteiger partial charge is 0.399 e. The normalized spacial score (nSPS) is 20.1. The molecule has 1 atom stereocenters. The quantitative estimate of drug-likeness (QED) is 0.849. The highest BCUT2D eigenvalue weighted by atomic mass is 32.1. The van der Waals surface area contributed by atoms with Crippen molar-refractivity contribution < 1.29 is 4.74 Å². The number of fused-ring (bicyclic) bond motifs is 1. The third-order valence-corrected chi connectivity index (χ3v) is 4.24. The number of thiazole rings is 1. The van der Waals surface area contributed by atoms with Gasteiger partial charge in [0.15, 0.2) is 0 Å². The first kappa shape index (κ1) is 11.0. The third-order valence-electron chi connectivity index (χ3n) is 3.16. The fourth-order valence-electron chi connectivity index (χ4n) is 2.25. The molecule has 1 aliphatic heterocycles. The standard InChI is InChI=1S/C13H16N2OS/c14-9-3-5-11-12(8-9)17-13(15-11)6-4-10-2-1-7-16-10/h3,5,8,10H,1-2,4,6-7,14H2. The lowest BCUT2D eigenvalue weighted by atomic mass is 10.1. The Hall–Kier alpha value is -1.13. The van der Waals surface area contributed by atoms with E-state index in [-0.39, 0.29) is 0 Å². The van der Waals surface area contributed by atoms with Crippen LogP contribution in [0.2, 0.25) is 0 Å². The second-order valence-corrected chi connectivity index (χ2v) is 5.62. The molecule has 1 aliphatic rings. The van der Waals surface area contributed by atoms with Gasteiger partial charge in [0.2, 0.25) is 0 Å². The van der Waals surface area contributed by atoms with Crippen LogP contribution in [0.4, 0.5) is 5.69 Å². The van der Waals surface area contributed by atoms with E-state index in [4.69, 9.17) is 10.5 Å². The molecule has 0 amide bonds. The lowest BCUT2D eigenvalue weighted by Crippen LogP contribution is -2.05. The van der Waals surface area contributed by atoms with Crippen LogP contribution in [0.25, 0.3) is 10.2 Å². The van der Waals surface area contributed by atoms with Crippen LogP contribution in [0.3, 0.4) is 0 Å². The Labute approximate surface area is 105 Å². The minimum Gasteiger partial charge on any atom is -0.399 e. The van der Waals surface area contributed by atoms with Gasteiger partial charge in [-0.2, -0.15) is 0 Å². The molecule has 0 bridgehead atoms. The summed E-state index contributed by atoms with van der Waals surface area (Å²) in [6.07, 6.45) is 4.98. The van der Waals surface area contributed by atoms with E-state index >= 15 is 0 Å². The Morgan fingerprint density at radius 1 is 1.47 bits per heavy atom. The van der Waals surface area contributed by atoms with Crippen LogP contribution in [-0.4, -0.2) is 17.7 Å². The Morgan fingerprint density at radius 2 is 2.41 bits per heavy atom. The average Bonchev–Trinajstić information content (AvgIpc) is 2.94. The van der Waals surface area contributed by atoms with Crippen molar-refractivity contribution in [2.24, 2.45) is 0 Å². The van der Waals surface area contributed by atoms with E-state index < -0.39 is 0 Å². The highest BCUT2D eigenvalue weighted by Crippen LogP contribution is 2.26. The van der Waals surface area contributed by atoms with Gasteiger partial charge in [-0.05, 0) is 37.5 Å². The molecular weight excluding hydrogens is 232 g/mol. The molecule has 0 spiro atoms. The van der Waals surface area contributed by atoms with Crippen molar-refractivity contribution in [3.63, 3.8) is 0 Å². The fraction of sp³-hybridized carbons (Fsp3) is 0.462. The van der Waals surface area contributed by atoms with Gasteiger partial charge < -0.3 is 10.5 Å². The maximum atomic E-state index is 5.77. The summed E-state index contributed by atoms with van der Waals surface area (Å²) in [5, 5.41) is 1.20. The number of benzene rings is 1. The SMILES string of the molecule is Nc1ccc2nc(CCC3CCCO3)sc2c1. The number of hydrogen-bond donors (Lipinski definition) is 1. The molecule has 1 unspecified atom stereocenters. The van der Waals surface area contributed by atoms with Crippen molar-refractivity contribution in [2.45, 2.75) is 31.8 Å². The summed E-state index contributed by atoms with van der Waals surface area (Å²) in [5.41, 5.74) is 7.64. The van der Waals surface area contributed by atoms with Gasteiger partial charge >= 0.3 is 0 Å². The predicted molar refractivity (Wildman–Crippen MR) is 71.3 cm³/mol. The zero-order valence-corrected chi connectivity index (χ0v) is 10.5. The summed E-state index contributed by atoms with van der Waals surface area (Å²) in [7, 11) is 0. The Morgan fingerprint density at radius 3 is 3.24 bits per heavy atom. The molecule has 3 nitrogen and oxygen atoms in total. The van der Waals surface area contributed by atoms with Crippen molar-refractivity contribution in [1.82, 2.24) is 4.98 Å². The molecule has 1 aromatic carbocycles. The maximum Gasteiger partial charge on any atom is 0.0939 e. The molecule has 1 fully saturated rings. The van der Waals surface area contributed by atoms with Crippen molar-refractivity contribution in [2.75, 3.05) is 12.3 Å². The van der Waals surface area contributed by atoms with Crippen LogP contribution < -0.4 is 5.73 Å². The van der Waals surface area contributed by atoms with Gasteiger partial charge in [0.25, 0.3) is 0 Å². The molecule has 2 aromatic rings. The number of anilines is 1. The summed E-state index contributed by atoms with van der Waals surface area (Å²) in [6, 6.07) is 5.91. The van der Waals surface area contributed by atoms with Crippen molar-refractivity contribution in [3.05, 3.63) is 23.2 Å². The molecule has 0 aliphatic carbocycles. The van der Waals surface area contributed by atoms with E-state index in [0.717, 1.165) is 30.7 Å². The summed E-state index contributed by atoms with van der Waals surface area (Å²) >= 11 is 1.75. The number of aryl methyl sites for hydroxylation is 1. The summed E-state index contributed by atoms with van der Waals surface area (Å²) < 4.78 is 6.81. The van der Waals surface area contributed by atoms with Crippen LogP contribution in [0.15, 0.2) is 18.2 Å². The number of ether oxygens (including phenoxy) is 1. The topological polar surface area (TPSA) is 48.1 Å².